The second kappa shape index (κ2) is 3.47. The molecule has 0 atom stereocenters. The molecule has 18 heavy (non-hydrogen) atoms. The van der Waals surface area contributed by atoms with Crippen LogP contribution in [0.25, 0.3) is 21.9 Å². The number of aryl methyl sites for hydroxylation is 2. The molecule has 2 heterocycles. The van der Waals surface area contributed by atoms with E-state index < -0.39 is 0 Å². The molecular formula is C14H12N4. The second-order valence-electron chi connectivity index (χ2n) is 4.53. The van der Waals surface area contributed by atoms with Crippen LogP contribution >= 0.6 is 0 Å². The third-order valence-corrected chi connectivity index (χ3v) is 3.28. The molecule has 0 amide bonds. The lowest BCUT2D eigenvalue weighted by molar-refractivity contribution is 1.29. The number of nitrogens with two attached hydrogens (primary N) is 1. The summed E-state index contributed by atoms with van der Waals surface area (Å²) in [6, 6.07) is 5.95. The molecule has 3 aromatic rings. The minimum atomic E-state index is 0.600. The van der Waals surface area contributed by atoms with E-state index in [0.29, 0.717) is 11.3 Å². The molecule has 2 aromatic heterocycles. The zero-order valence-electron chi connectivity index (χ0n) is 10.2. The van der Waals surface area contributed by atoms with Crippen LogP contribution in [-0.4, -0.2) is 9.97 Å². The molecule has 0 saturated heterocycles. The Hall–Kier alpha value is -2.54. The molecule has 0 spiro atoms. The molecule has 0 aliphatic rings. The number of aromatic nitrogens is 2. The predicted molar refractivity (Wildman–Crippen MR) is 72.2 cm³/mol. The van der Waals surface area contributed by atoms with Crippen molar-refractivity contribution in [2.75, 3.05) is 5.73 Å². The van der Waals surface area contributed by atoms with E-state index in [1.165, 1.54) is 0 Å². The van der Waals surface area contributed by atoms with Crippen LogP contribution in [-0.2, 0) is 0 Å². The van der Waals surface area contributed by atoms with E-state index in [2.05, 4.69) is 22.1 Å². The summed E-state index contributed by atoms with van der Waals surface area (Å²) in [4.78, 5) is 7.61. The highest BCUT2D eigenvalue weighted by Crippen LogP contribution is 2.33. The van der Waals surface area contributed by atoms with Gasteiger partial charge in [0.1, 0.15) is 5.65 Å². The van der Waals surface area contributed by atoms with Gasteiger partial charge in [-0.25, -0.2) is 4.98 Å². The van der Waals surface area contributed by atoms with Gasteiger partial charge in [0, 0.05) is 22.7 Å². The molecule has 0 bridgehead atoms. The highest BCUT2D eigenvalue weighted by molar-refractivity contribution is 6.13. The van der Waals surface area contributed by atoms with E-state index in [4.69, 9.17) is 11.0 Å². The average molecular weight is 236 g/mol. The van der Waals surface area contributed by atoms with Crippen LogP contribution in [0.5, 0.6) is 0 Å². The molecular weight excluding hydrogens is 224 g/mol. The molecule has 4 nitrogen and oxygen atoms in total. The minimum absolute atomic E-state index is 0.600. The Bertz CT molecular complexity index is 821. The standard InChI is InChI=1S/C14H12N4/c1-7-3-10-12-11(16)4-9(5-15)8(2)13(12)18-14(10)17-6-7/h3-4,6H,16H2,1-2H3,(H,17,18). The number of H-pyrrole nitrogens is 1. The molecule has 0 saturated carbocycles. The van der Waals surface area contributed by atoms with E-state index in [1.54, 1.807) is 6.07 Å². The summed E-state index contributed by atoms with van der Waals surface area (Å²) in [5.74, 6) is 0. The van der Waals surface area contributed by atoms with Gasteiger partial charge < -0.3 is 10.7 Å². The number of nitrogens with zero attached hydrogens (tertiary/aromatic N) is 2. The first-order chi connectivity index (χ1) is 8.61. The lowest BCUT2D eigenvalue weighted by atomic mass is 10.0. The van der Waals surface area contributed by atoms with Crippen LogP contribution in [0.3, 0.4) is 0 Å². The highest BCUT2D eigenvalue weighted by Gasteiger charge is 2.13. The molecule has 0 radical (unpaired) electrons. The molecule has 0 unspecified atom stereocenters. The van der Waals surface area contributed by atoms with Crippen molar-refractivity contribution in [3.63, 3.8) is 0 Å². The summed E-state index contributed by atoms with van der Waals surface area (Å²) in [5.41, 5.74) is 11.0. The third-order valence-electron chi connectivity index (χ3n) is 3.28. The van der Waals surface area contributed by atoms with Gasteiger partial charge in [-0.05, 0) is 37.1 Å². The van der Waals surface area contributed by atoms with Crippen LogP contribution in [0.15, 0.2) is 18.3 Å². The predicted octanol–water partition coefficient (Wildman–Crippen LogP) is 2.79. The fourth-order valence-electron chi connectivity index (χ4n) is 2.34. The summed E-state index contributed by atoms with van der Waals surface area (Å²) in [5, 5.41) is 11.1. The first kappa shape index (κ1) is 10.6. The summed E-state index contributed by atoms with van der Waals surface area (Å²) in [6.45, 7) is 3.92. The Kier molecular flexibility index (Phi) is 2.05. The Balaban J connectivity index is 2.59. The lowest BCUT2D eigenvalue weighted by Gasteiger charge is -2.03. The van der Waals surface area contributed by atoms with Crippen molar-refractivity contribution in [3.8, 4) is 6.07 Å². The van der Waals surface area contributed by atoms with Gasteiger partial charge in [0.2, 0.25) is 0 Å². The number of hydrogen-bond acceptors (Lipinski definition) is 3. The molecule has 88 valence electrons. The van der Waals surface area contributed by atoms with Gasteiger partial charge in [-0.1, -0.05) is 0 Å². The lowest BCUT2D eigenvalue weighted by Crippen LogP contribution is -1.91. The number of nitriles is 1. The van der Waals surface area contributed by atoms with Crippen LogP contribution in [0, 0.1) is 25.2 Å². The van der Waals surface area contributed by atoms with Crippen molar-refractivity contribution in [2.45, 2.75) is 13.8 Å². The third kappa shape index (κ3) is 1.28. The minimum Gasteiger partial charge on any atom is -0.398 e. The SMILES string of the molecule is Cc1cnc2[nH]c3c(C)c(C#N)cc(N)c3c2c1. The van der Waals surface area contributed by atoms with E-state index in [1.807, 2.05) is 20.0 Å². The summed E-state index contributed by atoms with van der Waals surface area (Å²) in [7, 11) is 0. The fourth-order valence-corrected chi connectivity index (χ4v) is 2.34. The molecule has 0 fully saturated rings. The number of anilines is 1. The topological polar surface area (TPSA) is 78.5 Å². The van der Waals surface area contributed by atoms with Crippen molar-refractivity contribution >= 4 is 27.6 Å². The van der Waals surface area contributed by atoms with Crippen molar-refractivity contribution < 1.29 is 0 Å². The molecule has 4 heteroatoms. The first-order valence-corrected chi connectivity index (χ1v) is 5.69. The Morgan fingerprint density at radius 3 is 2.83 bits per heavy atom. The van der Waals surface area contributed by atoms with Crippen LogP contribution in [0.1, 0.15) is 16.7 Å². The van der Waals surface area contributed by atoms with Gasteiger partial charge in [0.05, 0.1) is 17.1 Å². The first-order valence-electron chi connectivity index (χ1n) is 5.69. The Morgan fingerprint density at radius 1 is 1.33 bits per heavy atom. The van der Waals surface area contributed by atoms with Gasteiger partial charge in [0.15, 0.2) is 0 Å². The second-order valence-corrected chi connectivity index (χ2v) is 4.53. The molecule has 3 N–H and O–H groups in total. The van der Waals surface area contributed by atoms with Crippen molar-refractivity contribution in [1.82, 2.24) is 9.97 Å². The number of aromatic amines is 1. The summed E-state index contributed by atoms with van der Waals surface area (Å²) in [6.07, 6.45) is 1.81. The van der Waals surface area contributed by atoms with Crippen LogP contribution < -0.4 is 5.73 Å². The normalized spacial score (nSPS) is 10.9. The van der Waals surface area contributed by atoms with Crippen molar-refractivity contribution in [1.29, 1.82) is 5.26 Å². The number of fused-ring (bicyclic) bond motifs is 3. The number of hydrogen-bond donors (Lipinski definition) is 2. The van der Waals surface area contributed by atoms with Gasteiger partial charge in [-0.3, -0.25) is 0 Å². The zero-order valence-corrected chi connectivity index (χ0v) is 10.2. The number of benzene rings is 1. The maximum atomic E-state index is 9.09. The molecule has 0 aliphatic heterocycles. The molecule has 3 rings (SSSR count). The largest absolute Gasteiger partial charge is 0.398 e. The van der Waals surface area contributed by atoms with Crippen LogP contribution in [0.4, 0.5) is 5.69 Å². The fraction of sp³-hybridized carbons (Fsp3) is 0.143. The van der Waals surface area contributed by atoms with Crippen molar-refractivity contribution in [2.24, 2.45) is 0 Å². The Morgan fingerprint density at radius 2 is 2.11 bits per heavy atom. The zero-order chi connectivity index (χ0) is 12.9. The smallest absolute Gasteiger partial charge is 0.138 e. The Labute approximate surface area is 104 Å². The molecule has 0 aliphatic carbocycles. The van der Waals surface area contributed by atoms with E-state index in [9.17, 15) is 0 Å². The van der Waals surface area contributed by atoms with E-state index >= 15 is 0 Å². The average Bonchev–Trinajstić information content (AvgIpc) is 2.73. The number of pyridine rings is 1. The monoisotopic (exact) mass is 236 g/mol. The molecule has 1 aromatic carbocycles. The quantitative estimate of drug-likeness (QED) is 0.589. The maximum Gasteiger partial charge on any atom is 0.138 e. The van der Waals surface area contributed by atoms with E-state index in [0.717, 1.165) is 33.1 Å². The maximum absolute atomic E-state index is 9.09. The van der Waals surface area contributed by atoms with Crippen LogP contribution in [0.2, 0.25) is 0 Å². The van der Waals surface area contributed by atoms with Gasteiger partial charge in [-0.2, -0.15) is 5.26 Å². The number of rotatable bonds is 0. The highest BCUT2D eigenvalue weighted by atomic mass is 14.9. The van der Waals surface area contributed by atoms with Gasteiger partial charge >= 0.3 is 0 Å². The number of nitrogens with one attached hydrogen (secondary N) is 1. The van der Waals surface area contributed by atoms with Crippen molar-refractivity contribution in [3.05, 3.63) is 35.0 Å². The number of nitrogen functional groups attached to an aromatic ring is 1. The summed E-state index contributed by atoms with van der Waals surface area (Å²) >= 11 is 0. The van der Waals surface area contributed by atoms with Gasteiger partial charge in [0.25, 0.3) is 0 Å². The van der Waals surface area contributed by atoms with Gasteiger partial charge in [-0.15, -0.1) is 0 Å². The summed E-state index contributed by atoms with van der Waals surface area (Å²) < 4.78 is 0. The van der Waals surface area contributed by atoms with E-state index in [-0.39, 0.29) is 0 Å².